The van der Waals surface area contributed by atoms with E-state index in [1.807, 2.05) is 54.6 Å². The summed E-state index contributed by atoms with van der Waals surface area (Å²) in [6.07, 6.45) is 3.84. The summed E-state index contributed by atoms with van der Waals surface area (Å²) < 4.78 is 14.7. The van der Waals surface area contributed by atoms with Gasteiger partial charge in [-0.05, 0) is 42.2 Å². The zero-order valence-electron chi connectivity index (χ0n) is 17.1. The highest BCUT2D eigenvalue weighted by atomic mass is 19.1. The van der Waals surface area contributed by atoms with E-state index in [2.05, 4.69) is 15.6 Å². The predicted molar refractivity (Wildman–Crippen MR) is 122 cm³/mol. The van der Waals surface area contributed by atoms with E-state index in [1.165, 1.54) is 0 Å². The van der Waals surface area contributed by atoms with Crippen molar-refractivity contribution in [3.05, 3.63) is 72.0 Å². The van der Waals surface area contributed by atoms with Crippen LogP contribution in [0.2, 0.25) is 0 Å². The lowest BCUT2D eigenvalue weighted by Crippen LogP contribution is -2.43. The van der Waals surface area contributed by atoms with Crippen LogP contribution in [0.4, 0.5) is 21.7 Å². The van der Waals surface area contributed by atoms with Crippen LogP contribution in [0, 0.1) is 5.82 Å². The summed E-state index contributed by atoms with van der Waals surface area (Å²) in [6, 6.07) is 18.6. The molecule has 1 unspecified atom stereocenters. The van der Waals surface area contributed by atoms with Crippen molar-refractivity contribution in [1.29, 1.82) is 0 Å². The first-order valence-electron chi connectivity index (χ1n) is 10.5. The van der Waals surface area contributed by atoms with Gasteiger partial charge in [0.25, 0.3) is 5.91 Å². The Bertz CT molecular complexity index is 1070. The van der Waals surface area contributed by atoms with Gasteiger partial charge in [0.05, 0.1) is 5.56 Å². The topological polar surface area (TPSA) is 106 Å². The number of hydrogen-bond acceptors (Lipinski definition) is 5. The number of carbonyl (C=O) groups is 1. The summed E-state index contributed by atoms with van der Waals surface area (Å²) in [5, 5.41) is 6.26. The summed E-state index contributed by atoms with van der Waals surface area (Å²) >= 11 is 0. The maximum absolute atomic E-state index is 14.7. The van der Waals surface area contributed by atoms with Gasteiger partial charge in [0.15, 0.2) is 11.6 Å². The van der Waals surface area contributed by atoms with Gasteiger partial charge in [-0.1, -0.05) is 55.3 Å². The molecule has 6 nitrogen and oxygen atoms in total. The number of nitrogens with zero attached hydrogens (tertiary/aromatic N) is 1. The molecule has 1 heterocycles. The van der Waals surface area contributed by atoms with Gasteiger partial charge < -0.3 is 22.1 Å². The molecule has 1 aromatic heterocycles. The third-order valence-electron chi connectivity index (χ3n) is 5.62. The molecule has 1 aliphatic carbocycles. The monoisotopic (exact) mass is 419 g/mol. The minimum Gasteiger partial charge on any atom is -0.365 e. The number of hydrogen-bond donors (Lipinski definition) is 4. The van der Waals surface area contributed by atoms with E-state index in [-0.39, 0.29) is 29.3 Å². The zero-order valence-corrected chi connectivity index (χ0v) is 17.1. The zero-order chi connectivity index (χ0) is 21.8. The maximum atomic E-state index is 14.7. The number of halogens is 1. The van der Waals surface area contributed by atoms with Crippen LogP contribution < -0.4 is 22.1 Å². The summed E-state index contributed by atoms with van der Waals surface area (Å²) in [5.74, 6) is -1.12. The molecule has 0 spiro atoms. The first-order chi connectivity index (χ1) is 15.0. The van der Waals surface area contributed by atoms with Crippen LogP contribution in [-0.4, -0.2) is 23.0 Å². The third kappa shape index (κ3) is 4.83. The van der Waals surface area contributed by atoms with Crippen LogP contribution in [0.1, 0.15) is 36.0 Å². The van der Waals surface area contributed by atoms with Crippen molar-refractivity contribution >= 4 is 23.2 Å². The SMILES string of the molecule is NC(=O)c1cc(F)c(NC2CCCC[C@@H]2N)nc1Nc1cccc(-c2ccccc2)c1. The molecule has 31 heavy (non-hydrogen) atoms. The van der Waals surface area contributed by atoms with Gasteiger partial charge in [0.2, 0.25) is 0 Å². The molecule has 0 radical (unpaired) electrons. The highest BCUT2D eigenvalue weighted by Crippen LogP contribution is 2.28. The highest BCUT2D eigenvalue weighted by molar-refractivity contribution is 5.98. The fourth-order valence-electron chi connectivity index (χ4n) is 3.93. The first-order valence-corrected chi connectivity index (χ1v) is 10.5. The van der Waals surface area contributed by atoms with Crippen molar-refractivity contribution in [3.8, 4) is 11.1 Å². The smallest absolute Gasteiger partial charge is 0.252 e. The van der Waals surface area contributed by atoms with E-state index >= 15 is 0 Å². The van der Waals surface area contributed by atoms with Gasteiger partial charge in [-0.25, -0.2) is 9.37 Å². The molecule has 4 rings (SSSR count). The molecule has 0 aliphatic heterocycles. The Morgan fingerprint density at radius 2 is 1.71 bits per heavy atom. The average molecular weight is 420 g/mol. The van der Waals surface area contributed by atoms with E-state index in [0.29, 0.717) is 5.69 Å². The fraction of sp³-hybridized carbons (Fsp3) is 0.250. The molecular formula is C24H26FN5O. The minimum atomic E-state index is -0.756. The Balaban J connectivity index is 1.64. The molecule has 1 fully saturated rings. The number of nitrogens with one attached hydrogen (secondary N) is 2. The summed E-state index contributed by atoms with van der Waals surface area (Å²) in [4.78, 5) is 16.3. The van der Waals surface area contributed by atoms with Crippen LogP contribution in [0.3, 0.4) is 0 Å². The number of benzene rings is 2. The van der Waals surface area contributed by atoms with E-state index in [0.717, 1.165) is 42.9 Å². The molecule has 160 valence electrons. The second-order valence-corrected chi connectivity index (χ2v) is 7.85. The van der Waals surface area contributed by atoms with Crippen LogP contribution in [0.25, 0.3) is 11.1 Å². The molecule has 1 aliphatic rings. The Kier molecular flexibility index (Phi) is 6.13. The van der Waals surface area contributed by atoms with Crippen molar-refractivity contribution in [3.63, 3.8) is 0 Å². The standard InChI is InChI=1S/C24H26FN5O/c25-19-14-18(22(27)31)23(30-24(19)29-21-12-5-4-11-20(21)26)28-17-10-6-9-16(13-17)15-7-2-1-3-8-15/h1-3,6-10,13-14,20-21H,4-5,11-12,26H2,(H2,27,31)(H2,28,29,30)/t20-,21?/m0/s1. The lowest BCUT2D eigenvalue weighted by atomic mass is 9.91. The quantitative estimate of drug-likeness (QED) is 0.473. The van der Waals surface area contributed by atoms with Crippen molar-refractivity contribution in [2.45, 2.75) is 37.8 Å². The number of primary amides is 1. The van der Waals surface area contributed by atoms with Crippen molar-refractivity contribution < 1.29 is 9.18 Å². The molecule has 0 saturated heterocycles. The molecule has 7 heteroatoms. The molecule has 0 bridgehead atoms. The number of rotatable bonds is 6. The fourth-order valence-corrected chi connectivity index (χ4v) is 3.93. The number of aromatic nitrogens is 1. The number of nitrogens with two attached hydrogens (primary N) is 2. The summed E-state index contributed by atoms with van der Waals surface area (Å²) in [5.41, 5.74) is 14.4. The molecule has 1 saturated carbocycles. The van der Waals surface area contributed by atoms with E-state index in [1.54, 1.807) is 0 Å². The summed E-state index contributed by atoms with van der Waals surface area (Å²) in [7, 11) is 0. The van der Waals surface area contributed by atoms with Crippen LogP contribution >= 0.6 is 0 Å². The Hall–Kier alpha value is -3.45. The number of amides is 1. The normalized spacial score (nSPS) is 18.4. The van der Waals surface area contributed by atoms with Crippen molar-refractivity contribution in [2.75, 3.05) is 10.6 Å². The lowest BCUT2D eigenvalue weighted by Gasteiger charge is -2.30. The Morgan fingerprint density at radius 1 is 0.968 bits per heavy atom. The summed E-state index contributed by atoms with van der Waals surface area (Å²) in [6.45, 7) is 0. The van der Waals surface area contributed by atoms with Crippen LogP contribution in [0.15, 0.2) is 60.7 Å². The average Bonchev–Trinajstić information content (AvgIpc) is 2.78. The number of anilines is 3. The highest BCUT2D eigenvalue weighted by Gasteiger charge is 2.24. The molecule has 3 aromatic rings. The largest absolute Gasteiger partial charge is 0.365 e. The maximum Gasteiger partial charge on any atom is 0.252 e. The first kappa shape index (κ1) is 20.8. The molecule has 2 atom stereocenters. The van der Waals surface area contributed by atoms with Gasteiger partial charge in [0, 0.05) is 17.8 Å². The van der Waals surface area contributed by atoms with Crippen molar-refractivity contribution in [2.24, 2.45) is 11.5 Å². The number of pyridine rings is 1. The van der Waals surface area contributed by atoms with Crippen molar-refractivity contribution in [1.82, 2.24) is 4.98 Å². The Labute approximate surface area is 180 Å². The van der Waals surface area contributed by atoms with Crippen LogP contribution in [-0.2, 0) is 0 Å². The molecule has 2 aromatic carbocycles. The van der Waals surface area contributed by atoms with Gasteiger partial charge in [0.1, 0.15) is 5.82 Å². The van der Waals surface area contributed by atoms with E-state index in [4.69, 9.17) is 11.5 Å². The number of carbonyl (C=O) groups excluding carboxylic acids is 1. The minimum absolute atomic E-state index is 0.0129. The second kappa shape index (κ2) is 9.14. The van der Waals surface area contributed by atoms with E-state index < -0.39 is 11.7 Å². The third-order valence-corrected chi connectivity index (χ3v) is 5.62. The van der Waals surface area contributed by atoms with Gasteiger partial charge in [-0.3, -0.25) is 4.79 Å². The predicted octanol–water partition coefficient (Wildman–Crippen LogP) is 4.41. The molecular weight excluding hydrogens is 393 g/mol. The van der Waals surface area contributed by atoms with Gasteiger partial charge in [-0.15, -0.1) is 0 Å². The Morgan fingerprint density at radius 3 is 2.45 bits per heavy atom. The second-order valence-electron chi connectivity index (χ2n) is 7.85. The van der Waals surface area contributed by atoms with E-state index in [9.17, 15) is 9.18 Å². The van der Waals surface area contributed by atoms with Gasteiger partial charge in [-0.2, -0.15) is 0 Å². The van der Waals surface area contributed by atoms with Gasteiger partial charge >= 0.3 is 0 Å². The molecule has 1 amide bonds. The van der Waals surface area contributed by atoms with Crippen LogP contribution in [0.5, 0.6) is 0 Å². The molecule has 6 N–H and O–H groups in total. The lowest BCUT2D eigenvalue weighted by molar-refractivity contribution is 0.100.